The van der Waals surface area contributed by atoms with Gasteiger partial charge in [0.25, 0.3) is 17.6 Å². The maximum absolute atomic E-state index is 12.2. The molecule has 0 saturated heterocycles. The fourth-order valence-electron chi connectivity index (χ4n) is 2.23. The summed E-state index contributed by atoms with van der Waals surface area (Å²) in [4.78, 5) is 35.2. The fourth-order valence-corrected chi connectivity index (χ4v) is 2.23. The zero-order valence-corrected chi connectivity index (χ0v) is 11.1. The molecule has 0 fully saturated rings. The highest BCUT2D eigenvalue weighted by molar-refractivity contribution is 6.52. The smallest absolute Gasteiger partial charge is 0.296 e. The van der Waals surface area contributed by atoms with Gasteiger partial charge in [-0.2, -0.15) is 0 Å². The van der Waals surface area contributed by atoms with Crippen LogP contribution < -0.4 is 10.6 Å². The normalized spacial score (nSPS) is 12.8. The van der Waals surface area contributed by atoms with E-state index in [4.69, 9.17) is 0 Å². The summed E-state index contributed by atoms with van der Waals surface area (Å²) in [7, 11) is 0. The number of ketones is 1. The van der Waals surface area contributed by atoms with E-state index in [1.165, 1.54) is 6.07 Å². The van der Waals surface area contributed by atoms with E-state index in [1.807, 2.05) is 30.3 Å². The number of Topliss-reactive ketones (excluding diaryl/α,β-unsaturated/α-hetero) is 1. The summed E-state index contributed by atoms with van der Waals surface area (Å²) in [5.74, 6) is -1.64. The highest BCUT2D eigenvalue weighted by Gasteiger charge is 2.31. The lowest BCUT2D eigenvalue weighted by atomic mass is 10.1. The van der Waals surface area contributed by atoms with Crippen molar-refractivity contribution >= 4 is 23.3 Å². The Morgan fingerprint density at radius 1 is 1.00 bits per heavy atom. The summed E-state index contributed by atoms with van der Waals surface area (Å²) in [6, 6.07) is 14.2. The zero-order chi connectivity index (χ0) is 14.8. The van der Waals surface area contributed by atoms with E-state index in [1.54, 1.807) is 12.1 Å². The first-order chi connectivity index (χ1) is 10.2. The van der Waals surface area contributed by atoms with Crippen molar-refractivity contribution in [3.63, 3.8) is 0 Å². The highest BCUT2D eigenvalue weighted by Crippen LogP contribution is 2.27. The lowest BCUT2D eigenvalue weighted by Gasteiger charge is -2.08. The number of hydrogen-bond donors (Lipinski definition) is 2. The summed E-state index contributed by atoms with van der Waals surface area (Å²) in [6.07, 6.45) is 0. The maximum atomic E-state index is 12.2. The number of carbonyl (C=O) groups excluding carboxylic acids is 3. The van der Waals surface area contributed by atoms with Crippen molar-refractivity contribution in [2.24, 2.45) is 0 Å². The number of carbonyl (C=O) groups is 3. The van der Waals surface area contributed by atoms with Crippen molar-refractivity contribution in [2.45, 2.75) is 6.54 Å². The maximum Gasteiger partial charge on any atom is 0.296 e. The molecule has 21 heavy (non-hydrogen) atoms. The van der Waals surface area contributed by atoms with E-state index in [0.717, 1.165) is 5.56 Å². The van der Waals surface area contributed by atoms with Gasteiger partial charge in [-0.05, 0) is 17.7 Å². The van der Waals surface area contributed by atoms with Crippen LogP contribution in [0.25, 0.3) is 0 Å². The first-order valence-corrected chi connectivity index (χ1v) is 6.47. The number of hydrogen-bond acceptors (Lipinski definition) is 3. The van der Waals surface area contributed by atoms with Gasteiger partial charge in [0.1, 0.15) is 0 Å². The molecular formula is C16H12N2O3. The molecular weight excluding hydrogens is 268 g/mol. The Bertz CT molecular complexity index is 738. The molecule has 2 aromatic rings. The number of para-hydroxylation sites is 1. The second kappa shape index (κ2) is 5.20. The summed E-state index contributed by atoms with van der Waals surface area (Å²) >= 11 is 0. The van der Waals surface area contributed by atoms with E-state index in [0.29, 0.717) is 12.1 Å². The second-order valence-electron chi connectivity index (χ2n) is 4.68. The Morgan fingerprint density at radius 2 is 1.76 bits per heavy atom. The third-order valence-electron chi connectivity index (χ3n) is 3.29. The van der Waals surface area contributed by atoms with Gasteiger partial charge in [0.2, 0.25) is 0 Å². The van der Waals surface area contributed by atoms with Crippen LogP contribution in [0.3, 0.4) is 0 Å². The van der Waals surface area contributed by atoms with Crippen LogP contribution in [0.2, 0.25) is 0 Å². The molecule has 0 atom stereocenters. The number of fused-ring (bicyclic) bond motifs is 1. The van der Waals surface area contributed by atoms with Gasteiger partial charge in [-0.25, -0.2) is 0 Å². The molecule has 0 saturated carbocycles. The van der Waals surface area contributed by atoms with Crippen LogP contribution in [-0.2, 0) is 11.3 Å². The van der Waals surface area contributed by atoms with Crippen LogP contribution >= 0.6 is 0 Å². The van der Waals surface area contributed by atoms with Crippen molar-refractivity contribution in [3.05, 3.63) is 65.2 Å². The Balaban J connectivity index is 1.81. The minimum Gasteiger partial charge on any atom is -0.348 e. The van der Waals surface area contributed by atoms with Crippen LogP contribution in [0.5, 0.6) is 0 Å². The Morgan fingerprint density at radius 3 is 2.52 bits per heavy atom. The molecule has 3 rings (SSSR count). The Labute approximate surface area is 121 Å². The van der Waals surface area contributed by atoms with E-state index in [-0.39, 0.29) is 17.2 Å². The zero-order valence-electron chi connectivity index (χ0n) is 11.1. The molecule has 0 bridgehead atoms. The van der Waals surface area contributed by atoms with E-state index < -0.39 is 11.7 Å². The van der Waals surface area contributed by atoms with Crippen molar-refractivity contribution in [2.75, 3.05) is 5.32 Å². The van der Waals surface area contributed by atoms with Gasteiger partial charge >= 0.3 is 0 Å². The number of rotatable bonds is 3. The topological polar surface area (TPSA) is 75.3 Å². The fraction of sp³-hybridized carbons (Fsp3) is 0.0625. The minimum absolute atomic E-state index is 0.243. The van der Waals surface area contributed by atoms with Crippen molar-refractivity contribution < 1.29 is 14.4 Å². The Kier molecular flexibility index (Phi) is 3.23. The van der Waals surface area contributed by atoms with E-state index in [9.17, 15) is 14.4 Å². The minimum atomic E-state index is -0.701. The lowest BCUT2D eigenvalue weighted by molar-refractivity contribution is -0.112. The van der Waals surface area contributed by atoms with Crippen LogP contribution in [0.4, 0.5) is 5.69 Å². The molecule has 0 aliphatic carbocycles. The molecule has 0 spiro atoms. The summed E-state index contributed by atoms with van der Waals surface area (Å²) < 4.78 is 0. The first kappa shape index (κ1) is 13.1. The van der Waals surface area contributed by atoms with Crippen LogP contribution in [0.1, 0.15) is 26.3 Å². The molecule has 0 radical (unpaired) electrons. The predicted octanol–water partition coefficient (Wildman–Crippen LogP) is 1.75. The average Bonchev–Trinajstić information content (AvgIpc) is 2.81. The Hall–Kier alpha value is -2.95. The second-order valence-corrected chi connectivity index (χ2v) is 4.68. The SMILES string of the molecule is O=C1Nc2c(C(=O)NCc3ccccc3)cccc2C1=O. The van der Waals surface area contributed by atoms with Crippen LogP contribution in [-0.4, -0.2) is 17.6 Å². The highest BCUT2D eigenvalue weighted by atomic mass is 16.2. The van der Waals surface area contributed by atoms with Crippen molar-refractivity contribution in [1.82, 2.24) is 5.32 Å². The van der Waals surface area contributed by atoms with Crippen LogP contribution in [0.15, 0.2) is 48.5 Å². The van der Waals surface area contributed by atoms with Crippen LogP contribution in [0, 0.1) is 0 Å². The molecule has 104 valence electrons. The number of amides is 2. The van der Waals surface area contributed by atoms with E-state index >= 15 is 0 Å². The summed E-state index contributed by atoms with van der Waals surface area (Å²) in [5, 5.41) is 5.22. The van der Waals surface area contributed by atoms with E-state index in [2.05, 4.69) is 10.6 Å². The molecule has 2 N–H and O–H groups in total. The average molecular weight is 280 g/mol. The summed E-state index contributed by atoms with van der Waals surface area (Å²) in [5.41, 5.74) is 1.80. The van der Waals surface area contributed by atoms with Gasteiger partial charge in [0.05, 0.1) is 16.8 Å². The van der Waals surface area contributed by atoms with Gasteiger partial charge < -0.3 is 10.6 Å². The monoisotopic (exact) mass is 280 g/mol. The quantitative estimate of drug-likeness (QED) is 0.841. The molecule has 0 unspecified atom stereocenters. The largest absolute Gasteiger partial charge is 0.348 e. The molecule has 5 heteroatoms. The molecule has 0 aromatic heterocycles. The lowest BCUT2D eigenvalue weighted by Crippen LogP contribution is -2.23. The standard InChI is InChI=1S/C16H12N2O3/c19-14-11-7-4-8-12(13(11)18-16(14)21)15(20)17-9-10-5-2-1-3-6-10/h1-8H,9H2,(H,17,20)(H,18,19,21). The molecule has 2 aromatic carbocycles. The van der Waals surface area contributed by atoms with Gasteiger partial charge in [-0.3, -0.25) is 14.4 Å². The number of nitrogens with one attached hydrogen (secondary N) is 2. The van der Waals surface area contributed by atoms with Crippen molar-refractivity contribution in [1.29, 1.82) is 0 Å². The molecule has 2 amide bonds. The van der Waals surface area contributed by atoms with Gasteiger partial charge in [0, 0.05) is 6.54 Å². The van der Waals surface area contributed by atoms with Gasteiger partial charge in [-0.1, -0.05) is 36.4 Å². The van der Waals surface area contributed by atoms with Crippen molar-refractivity contribution in [3.8, 4) is 0 Å². The third kappa shape index (κ3) is 2.41. The number of anilines is 1. The van der Waals surface area contributed by atoms with Gasteiger partial charge in [0.15, 0.2) is 0 Å². The first-order valence-electron chi connectivity index (χ1n) is 6.47. The predicted molar refractivity (Wildman–Crippen MR) is 77.0 cm³/mol. The molecule has 1 aliphatic rings. The molecule has 5 nitrogen and oxygen atoms in total. The molecule has 1 aliphatic heterocycles. The molecule has 1 heterocycles. The van der Waals surface area contributed by atoms with Gasteiger partial charge in [-0.15, -0.1) is 0 Å². The summed E-state index contributed by atoms with van der Waals surface area (Å²) in [6.45, 7) is 0.380. The number of benzene rings is 2. The third-order valence-corrected chi connectivity index (χ3v) is 3.29.